The van der Waals surface area contributed by atoms with Crippen LogP contribution in [-0.4, -0.2) is 64.6 Å². The Kier molecular flexibility index (Phi) is 11.8. The van der Waals surface area contributed by atoms with Crippen LogP contribution in [0.2, 0.25) is 0 Å². The Bertz CT molecular complexity index is 123. The zero-order valence-electron chi connectivity index (χ0n) is 10.4. The van der Waals surface area contributed by atoms with Crippen molar-refractivity contribution in [3.05, 3.63) is 0 Å². The molecule has 0 bridgehead atoms. The van der Waals surface area contributed by atoms with Crippen molar-refractivity contribution < 1.29 is 9.47 Å². The number of nitrogens with one attached hydrogen (secondary N) is 1. The molecule has 0 aliphatic rings. The van der Waals surface area contributed by atoms with Crippen molar-refractivity contribution in [1.29, 1.82) is 0 Å². The molecule has 0 aliphatic heterocycles. The van der Waals surface area contributed by atoms with E-state index in [0.717, 1.165) is 52.5 Å². The summed E-state index contributed by atoms with van der Waals surface area (Å²) >= 11 is 0. The van der Waals surface area contributed by atoms with Gasteiger partial charge in [-0.1, -0.05) is 6.92 Å². The van der Waals surface area contributed by atoms with Gasteiger partial charge in [0.1, 0.15) is 0 Å². The molecule has 1 N–H and O–H groups in total. The van der Waals surface area contributed by atoms with Gasteiger partial charge in [-0.05, 0) is 13.5 Å². The molecule has 0 aromatic carbocycles. The fourth-order valence-corrected chi connectivity index (χ4v) is 1.30. The quantitative estimate of drug-likeness (QED) is 0.514. The molecule has 0 rings (SSSR count). The van der Waals surface area contributed by atoms with Crippen molar-refractivity contribution in [2.75, 3.05) is 59.7 Å². The highest BCUT2D eigenvalue weighted by Gasteiger charge is 2.00. The normalized spacial score (nSPS) is 11.2. The molecular weight excluding hydrogens is 192 g/mol. The van der Waals surface area contributed by atoms with Gasteiger partial charge in [-0.15, -0.1) is 0 Å². The largest absolute Gasteiger partial charge is 0.383 e. The second-order valence-corrected chi connectivity index (χ2v) is 3.37. The third kappa shape index (κ3) is 10.1. The van der Waals surface area contributed by atoms with Crippen LogP contribution in [0.3, 0.4) is 0 Å². The van der Waals surface area contributed by atoms with Crippen molar-refractivity contribution in [3.63, 3.8) is 0 Å². The van der Waals surface area contributed by atoms with Gasteiger partial charge in [-0.25, -0.2) is 0 Å². The van der Waals surface area contributed by atoms with Gasteiger partial charge in [0, 0.05) is 39.9 Å². The van der Waals surface area contributed by atoms with Gasteiger partial charge in [0.25, 0.3) is 0 Å². The minimum atomic E-state index is 0.783. The molecule has 0 fully saturated rings. The van der Waals surface area contributed by atoms with Gasteiger partial charge in [0.2, 0.25) is 0 Å². The third-order valence-corrected chi connectivity index (χ3v) is 2.29. The maximum absolute atomic E-state index is 5.33. The average molecular weight is 218 g/mol. The Morgan fingerprint density at radius 3 is 2.47 bits per heavy atom. The molecule has 0 atom stereocenters. The lowest BCUT2D eigenvalue weighted by atomic mass is 10.4. The minimum Gasteiger partial charge on any atom is -0.383 e. The molecule has 4 nitrogen and oxygen atoms in total. The Labute approximate surface area is 93.9 Å². The molecule has 0 heterocycles. The molecule has 4 heteroatoms. The van der Waals surface area contributed by atoms with Crippen LogP contribution in [-0.2, 0) is 9.47 Å². The van der Waals surface area contributed by atoms with Crippen LogP contribution in [0.4, 0.5) is 0 Å². The lowest BCUT2D eigenvalue weighted by Gasteiger charge is -2.20. The fraction of sp³-hybridized carbons (Fsp3) is 1.00. The molecule has 0 aliphatic carbocycles. The van der Waals surface area contributed by atoms with Crippen molar-refractivity contribution in [3.8, 4) is 0 Å². The molecule has 0 amide bonds. The summed E-state index contributed by atoms with van der Waals surface area (Å²) in [4.78, 5) is 2.38. The number of ether oxygens (including phenoxy) is 2. The first-order valence-corrected chi connectivity index (χ1v) is 5.84. The second kappa shape index (κ2) is 11.9. The number of methoxy groups -OCH3 is 1. The fourth-order valence-electron chi connectivity index (χ4n) is 1.30. The van der Waals surface area contributed by atoms with Crippen LogP contribution in [0.5, 0.6) is 0 Å². The number of hydrogen-bond acceptors (Lipinski definition) is 4. The maximum atomic E-state index is 5.33. The Morgan fingerprint density at radius 1 is 1.07 bits per heavy atom. The highest BCUT2D eigenvalue weighted by molar-refractivity contribution is 4.57. The van der Waals surface area contributed by atoms with Crippen molar-refractivity contribution >= 4 is 0 Å². The van der Waals surface area contributed by atoms with E-state index >= 15 is 0 Å². The molecule has 0 radical (unpaired) electrons. The van der Waals surface area contributed by atoms with E-state index in [0.29, 0.717) is 0 Å². The summed E-state index contributed by atoms with van der Waals surface area (Å²) in [7, 11) is 1.72. The number of nitrogens with zero attached hydrogens (tertiary/aromatic N) is 1. The summed E-state index contributed by atoms with van der Waals surface area (Å²) in [6, 6.07) is 0. The van der Waals surface area contributed by atoms with Gasteiger partial charge in [-0.2, -0.15) is 0 Å². The zero-order valence-corrected chi connectivity index (χ0v) is 10.4. The van der Waals surface area contributed by atoms with E-state index in [9.17, 15) is 0 Å². The first-order chi connectivity index (χ1) is 7.35. The van der Waals surface area contributed by atoms with E-state index < -0.39 is 0 Å². The smallest absolute Gasteiger partial charge is 0.0593 e. The van der Waals surface area contributed by atoms with E-state index in [2.05, 4.69) is 17.1 Å². The second-order valence-electron chi connectivity index (χ2n) is 3.37. The zero-order chi connectivity index (χ0) is 11.4. The van der Waals surface area contributed by atoms with Gasteiger partial charge in [0.05, 0.1) is 13.2 Å². The topological polar surface area (TPSA) is 33.7 Å². The van der Waals surface area contributed by atoms with Gasteiger partial charge >= 0.3 is 0 Å². The summed E-state index contributed by atoms with van der Waals surface area (Å²) in [6.07, 6.45) is 0. The van der Waals surface area contributed by atoms with Crippen LogP contribution in [0.25, 0.3) is 0 Å². The summed E-state index contributed by atoms with van der Waals surface area (Å²) in [5.74, 6) is 0. The molecular formula is C11H26N2O2. The monoisotopic (exact) mass is 218 g/mol. The highest BCUT2D eigenvalue weighted by atomic mass is 16.5. The molecule has 92 valence electrons. The Hall–Kier alpha value is -0.160. The minimum absolute atomic E-state index is 0.783. The van der Waals surface area contributed by atoms with Crippen LogP contribution < -0.4 is 5.32 Å². The summed E-state index contributed by atoms with van der Waals surface area (Å²) in [5, 5.41) is 3.33. The van der Waals surface area contributed by atoms with Crippen LogP contribution in [0, 0.1) is 0 Å². The van der Waals surface area contributed by atoms with Gasteiger partial charge < -0.3 is 19.7 Å². The summed E-state index contributed by atoms with van der Waals surface area (Å²) in [6.45, 7) is 11.8. The predicted molar refractivity (Wildman–Crippen MR) is 63.4 cm³/mol. The molecule has 0 aromatic heterocycles. The lowest BCUT2D eigenvalue weighted by Crippen LogP contribution is -2.35. The molecule has 15 heavy (non-hydrogen) atoms. The number of rotatable bonds is 11. The molecule has 0 saturated carbocycles. The lowest BCUT2D eigenvalue weighted by molar-refractivity contribution is 0.115. The maximum Gasteiger partial charge on any atom is 0.0593 e. The third-order valence-electron chi connectivity index (χ3n) is 2.29. The summed E-state index contributed by atoms with van der Waals surface area (Å²) < 4.78 is 10.3. The van der Waals surface area contributed by atoms with Crippen LogP contribution in [0.15, 0.2) is 0 Å². The van der Waals surface area contributed by atoms with E-state index in [1.165, 1.54) is 0 Å². The Morgan fingerprint density at radius 2 is 1.87 bits per heavy atom. The van der Waals surface area contributed by atoms with Crippen LogP contribution >= 0.6 is 0 Å². The first-order valence-electron chi connectivity index (χ1n) is 5.84. The molecule has 0 saturated heterocycles. The van der Waals surface area contributed by atoms with E-state index in [1.807, 2.05) is 6.92 Å². The first kappa shape index (κ1) is 14.8. The van der Waals surface area contributed by atoms with Crippen molar-refractivity contribution in [1.82, 2.24) is 10.2 Å². The van der Waals surface area contributed by atoms with Crippen molar-refractivity contribution in [2.45, 2.75) is 13.8 Å². The molecule has 0 spiro atoms. The standard InChI is InChI=1S/C11H26N2O2/c1-4-13(9-11-15-5-2)8-6-12-7-10-14-3/h12H,4-11H2,1-3H3. The summed E-state index contributed by atoms with van der Waals surface area (Å²) in [5.41, 5.74) is 0. The molecule has 0 unspecified atom stereocenters. The van der Waals surface area contributed by atoms with Crippen LogP contribution in [0.1, 0.15) is 13.8 Å². The SMILES string of the molecule is CCOCCN(CC)CCNCCOC. The number of likely N-dealkylation sites (N-methyl/N-ethyl adjacent to an activating group) is 1. The van der Waals surface area contributed by atoms with E-state index in [4.69, 9.17) is 9.47 Å². The van der Waals surface area contributed by atoms with Gasteiger partial charge in [-0.3, -0.25) is 0 Å². The average Bonchev–Trinajstić information content (AvgIpc) is 2.26. The highest BCUT2D eigenvalue weighted by Crippen LogP contribution is 1.87. The van der Waals surface area contributed by atoms with E-state index in [-0.39, 0.29) is 0 Å². The van der Waals surface area contributed by atoms with E-state index in [1.54, 1.807) is 7.11 Å². The van der Waals surface area contributed by atoms with Crippen molar-refractivity contribution in [2.24, 2.45) is 0 Å². The predicted octanol–water partition coefficient (Wildman–Crippen LogP) is 0.581. The molecule has 0 aromatic rings. The Balaban J connectivity index is 3.28. The number of hydrogen-bond donors (Lipinski definition) is 1. The van der Waals surface area contributed by atoms with Gasteiger partial charge in [0.15, 0.2) is 0 Å².